The summed E-state index contributed by atoms with van der Waals surface area (Å²) in [6.45, 7) is 1.84. The number of aliphatic hydroxyl groups excluding tert-OH is 1. The maximum absolute atomic E-state index is 11.1. The van der Waals surface area contributed by atoms with Gasteiger partial charge < -0.3 is 34.3 Å². The summed E-state index contributed by atoms with van der Waals surface area (Å²) >= 11 is 0. The molecule has 0 aromatic heterocycles. The Balaban J connectivity index is 3.04. The molecular formula is C12H20O8. The molecule has 1 aliphatic rings. The number of carboxylic acid groups (broad SMARTS) is 1. The normalized spacial score (nSPS) is 27.9. The Morgan fingerprint density at radius 3 is 2.60 bits per heavy atom. The third kappa shape index (κ3) is 3.68. The van der Waals surface area contributed by atoms with Crippen LogP contribution >= 0.6 is 0 Å². The van der Waals surface area contributed by atoms with Gasteiger partial charge in [-0.15, -0.1) is 0 Å². The first-order valence-electron chi connectivity index (χ1n) is 6.09. The Morgan fingerprint density at radius 1 is 1.55 bits per heavy atom. The van der Waals surface area contributed by atoms with Crippen molar-refractivity contribution in [1.82, 2.24) is 0 Å². The van der Waals surface area contributed by atoms with Gasteiger partial charge >= 0.3 is 11.8 Å². The third-order valence-corrected chi connectivity index (χ3v) is 2.89. The van der Waals surface area contributed by atoms with Gasteiger partial charge in [-0.3, -0.25) is 0 Å². The van der Waals surface area contributed by atoms with Crippen molar-refractivity contribution in [1.29, 1.82) is 0 Å². The Morgan fingerprint density at radius 2 is 2.15 bits per heavy atom. The molecular weight excluding hydrogens is 272 g/mol. The molecule has 0 aromatic carbocycles. The molecule has 0 aliphatic carbocycles. The largest absolute Gasteiger partial charge is 0.476 e. The summed E-state index contributed by atoms with van der Waals surface area (Å²) in [5, 5.41) is 28.8. The summed E-state index contributed by atoms with van der Waals surface area (Å²) in [6, 6.07) is 0. The molecule has 1 heterocycles. The predicted molar refractivity (Wildman–Crippen MR) is 65.3 cm³/mol. The highest BCUT2D eigenvalue weighted by atomic mass is 16.7. The lowest BCUT2D eigenvalue weighted by molar-refractivity contribution is -0.246. The zero-order valence-corrected chi connectivity index (χ0v) is 11.6. The fraction of sp³-hybridized carbons (Fsp3) is 0.750. The summed E-state index contributed by atoms with van der Waals surface area (Å²) in [5.74, 6) is -4.85. The molecule has 3 unspecified atom stereocenters. The van der Waals surface area contributed by atoms with E-state index >= 15 is 0 Å². The van der Waals surface area contributed by atoms with Gasteiger partial charge in [0.1, 0.15) is 0 Å². The minimum atomic E-state index is -2.47. The summed E-state index contributed by atoms with van der Waals surface area (Å²) < 4.78 is 20.0. The molecule has 20 heavy (non-hydrogen) atoms. The molecule has 0 fully saturated rings. The topological polar surface area (TPSA) is 115 Å². The van der Waals surface area contributed by atoms with E-state index < -0.39 is 30.3 Å². The predicted octanol–water partition coefficient (Wildman–Crippen LogP) is -0.346. The van der Waals surface area contributed by atoms with Gasteiger partial charge in [0.2, 0.25) is 6.29 Å². The minimum Gasteiger partial charge on any atom is -0.476 e. The number of ether oxygens (including phenoxy) is 4. The van der Waals surface area contributed by atoms with E-state index in [4.69, 9.17) is 24.1 Å². The van der Waals surface area contributed by atoms with Crippen LogP contribution in [0.15, 0.2) is 11.8 Å². The van der Waals surface area contributed by atoms with Gasteiger partial charge in [-0.1, -0.05) is 0 Å². The minimum absolute atomic E-state index is 0.188. The van der Waals surface area contributed by atoms with E-state index in [1.807, 2.05) is 0 Å². The molecule has 0 amide bonds. The zero-order valence-electron chi connectivity index (χ0n) is 11.6. The second-order valence-corrected chi connectivity index (χ2v) is 4.28. The monoisotopic (exact) mass is 292 g/mol. The Hall–Kier alpha value is -1.19. The summed E-state index contributed by atoms with van der Waals surface area (Å²) in [6.07, 6.45) is -1.11. The van der Waals surface area contributed by atoms with Crippen LogP contribution in [-0.2, 0) is 23.7 Å². The van der Waals surface area contributed by atoms with Gasteiger partial charge in [-0.2, -0.15) is 0 Å². The van der Waals surface area contributed by atoms with Crippen molar-refractivity contribution in [3.8, 4) is 0 Å². The fourth-order valence-corrected chi connectivity index (χ4v) is 1.98. The second-order valence-electron chi connectivity index (χ2n) is 4.28. The van der Waals surface area contributed by atoms with Crippen LogP contribution in [0.25, 0.3) is 0 Å². The first-order valence-corrected chi connectivity index (χ1v) is 6.09. The standard InChI is InChI=1S/C12H20O8/c1-4-19-9(13)8-5-7(10(17-2)18-3)6-12(16,20-8)11(14)15/h5,7,9-10,13,16H,4,6H2,1-3H3,(H,14,15). The summed E-state index contributed by atoms with van der Waals surface area (Å²) in [4.78, 5) is 11.1. The van der Waals surface area contributed by atoms with E-state index in [0.717, 1.165) is 0 Å². The maximum Gasteiger partial charge on any atom is 0.377 e. The Bertz CT molecular complexity index is 364. The van der Waals surface area contributed by atoms with Crippen LogP contribution in [0.4, 0.5) is 0 Å². The van der Waals surface area contributed by atoms with E-state index in [1.54, 1.807) is 6.92 Å². The highest BCUT2D eigenvalue weighted by Crippen LogP contribution is 2.34. The number of aliphatic carboxylic acids is 1. The summed E-state index contributed by atoms with van der Waals surface area (Å²) in [5.41, 5.74) is 0. The van der Waals surface area contributed by atoms with Crippen LogP contribution in [0.2, 0.25) is 0 Å². The molecule has 1 rings (SSSR count). The lowest BCUT2D eigenvalue weighted by Crippen LogP contribution is -2.48. The van der Waals surface area contributed by atoms with Crippen molar-refractivity contribution < 1.29 is 39.1 Å². The molecule has 0 aromatic rings. The first kappa shape index (κ1) is 16.9. The number of hydrogen-bond acceptors (Lipinski definition) is 7. The van der Waals surface area contributed by atoms with Gasteiger partial charge in [0.05, 0.1) is 0 Å². The number of aliphatic hydroxyl groups is 2. The van der Waals surface area contributed by atoms with Crippen molar-refractivity contribution in [2.45, 2.75) is 31.7 Å². The van der Waals surface area contributed by atoms with Gasteiger partial charge in [0, 0.05) is 33.2 Å². The molecule has 8 nitrogen and oxygen atoms in total. The number of carboxylic acids is 1. The van der Waals surface area contributed by atoms with E-state index in [1.165, 1.54) is 20.3 Å². The van der Waals surface area contributed by atoms with E-state index in [-0.39, 0.29) is 18.8 Å². The molecule has 3 atom stereocenters. The number of methoxy groups -OCH3 is 2. The van der Waals surface area contributed by atoms with Crippen molar-refractivity contribution in [3.05, 3.63) is 11.8 Å². The van der Waals surface area contributed by atoms with E-state index in [2.05, 4.69) is 0 Å². The fourth-order valence-electron chi connectivity index (χ4n) is 1.98. The van der Waals surface area contributed by atoms with Crippen LogP contribution in [-0.4, -0.2) is 60.5 Å². The highest BCUT2D eigenvalue weighted by Gasteiger charge is 2.47. The van der Waals surface area contributed by atoms with Crippen molar-refractivity contribution in [2.75, 3.05) is 20.8 Å². The van der Waals surface area contributed by atoms with Gasteiger partial charge in [-0.05, 0) is 13.0 Å². The molecule has 0 saturated heterocycles. The molecule has 0 radical (unpaired) electrons. The van der Waals surface area contributed by atoms with E-state index in [0.29, 0.717) is 0 Å². The quantitative estimate of drug-likeness (QED) is 0.546. The van der Waals surface area contributed by atoms with Crippen molar-refractivity contribution in [3.63, 3.8) is 0 Å². The molecule has 116 valence electrons. The van der Waals surface area contributed by atoms with Crippen LogP contribution in [0.3, 0.4) is 0 Å². The third-order valence-electron chi connectivity index (χ3n) is 2.89. The van der Waals surface area contributed by atoms with Gasteiger partial charge in [0.15, 0.2) is 12.0 Å². The van der Waals surface area contributed by atoms with Crippen LogP contribution < -0.4 is 0 Å². The molecule has 0 spiro atoms. The van der Waals surface area contributed by atoms with Gasteiger partial charge in [-0.25, -0.2) is 4.79 Å². The molecule has 8 heteroatoms. The Kier molecular flexibility index (Phi) is 5.90. The average molecular weight is 292 g/mol. The van der Waals surface area contributed by atoms with Crippen LogP contribution in [0.5, 0.6) is 0 Å². The van der Waals surface area contributed by atoms with Crippen LogP contribution in [0.1, 0.15) is 13.3 Å². The number of carbonyl (C=O) groups is 1. The molecule has 1 aliphatic heterocycles. The van der Waals surface area contributed by atoms with Crippen molar-refractivity contribution >= 4 is 5.97 Å². The number of rotatable bonds is 7. The molecule has 0 bridgehead atoms. The lowest BCUT2D eigenvalue weighted by Gasteiger charge is -2.36. The molecule has 0 saturated carbocycles. The SMILES string of the molecule is CCOC(O)C1=CC(C(OC)OC)CC(O)(C(=O)O)O1. The van der Waals surface area contributed by atoms with Crippen LogP contribution in [0, 0.1) is 5.92 Å². The average Bonchev–Trinajstić information content (AvgIpc) is 2.39. The molecule has 3 N–H and O–H groups in total. The first-order chi connectivity index (χ1) is 9.37. The maximum atomic E-state index is 11.1. The van der Waals surface area contributed by atoms with E-state index in [9.17, 15) is 15.0 Å². The smallest absolute Gasteiger partial charge is 0.377 e. The summed E-state index contributed by atoms with van der Waals surface area (Å²) in [7, 11) is 2.77. The zero-order chi connectivity index (χ0) is 15.3. The number of hydrogen-bond donors (Lipinski definition) is 3. The van der Waals surface area contributed by atoms with Crippen molar-refractivity contribution in [2.24, 2.45) is 5.92 Å². The highest BCUT2D eigenvalue weighted by molar-refractivity contribution is 5.75. The van der Waals surface area contributed by atoms with Gasteiger partial charge in [0.25, 0.3) is 0 Å². The Labute approximate surface area is 116 Å². The lowest BCUT2D eigenvalue weighted by atomic mass is 9.94. The second kappa shape index (κ2) is 7.00.